The van der Waals surface area contributed by atoms with Crippen LogP contribution in [0.5, 0.6) is 0 Å². The van der Waals surface area contributed by atoms with Crippen LogP contribution in [-0.4, -0.2) is 60.9 Å². The Kier molecular flexibility index (Phi) is 6.05. The molecular weight excluding hydrogens is 468 g/mol. The molecule has 2 N–H and O–H groups in total. The highest BCUT2D eigenvalue weighted by Crippen LogP contribution is 2.41. The van der Waals surface area contributed by atoms with Gasteiger partial charge in [0.05, 0.1) is 0 Å². The molecule has 156 valence electrons. The molecule has 0 spiro atoms. The van der Waals surface area contributed by atoms with Gasteiger partial charge in [-0.3, -0.25) is 14.5 Å². The molecule has 0 radical (unpaired) electrons. The smallest absolute Gasteiger partial charge is 0.352 e. The van der Waals surface area contributed by atoms with Crippen molar-refractivity contribution in [3.8, 4) is 0 Å². The Morgan fingerprint density at radius 3 is 2.70 bits per heavy atom. The first-order valence-corrected chi connectivity index (χ1v) is 12.0. The summed E-state index contributed by atoms with van der Waals surface area (Å²) in [5, 5.41) is 21.3. The molecule has 0 bridgehead atoms. The lowest BCUT2D eigenvalue weighted by Gasteiger charge is -2.49. The van der Waals surface area contributed by atoms with E-state index < -0.39 is 29.2 Å². The lowest BCUT2D eigenvalue weighted by atomic mass is 10.0. The fraction of sp³-hybridized carbons (Fsp3) is 0.278. The van der Waals surface area contributed by atoms with Gasteiger partial charge in [-0.1, -0.05) is 34.7 Å². The Balaban J connectivity index is 1.47. The van der Waals surface area contributed by atoms with Gasteiger partial charge in [0.2, 0.25) is 0 Å². The summed E-state index contributed by atoms with van der Waals surface area (Å²) in [6.45, 7) is 1.85. The second kappa shape index (κ2) is 8.58. The molecule has 1 aromatic carbocycles. The average molecular weight is 483 g/mol. The molecular formula is C18H15ClN4O4S3. The van der Waals surface area contributed by atoms with E-state index in [4.69, 9.17) is 11.6 Å². The topological polar surface area (TPSA) is 112 Å². The molecule has 1 aromatic heterocycles. The van der Waals surface area contributed by atoms with E-state index in [0.717, 1.165) is 9.35 Å². The maximum absolute atomic E-state index is 12.7. The van der Waals surface area contributed by atoms with Gasteiger partial charge in [0, 0.05) is 22.1 Å². The number of nitrogens with zero attached hydrogens (tertiary/aromatic N) is 3. The Labute approximate surface area is 189 Å². The van der Waals surface area contributed by atoms with Gasteiger partial charge < -0.3 is 10.4 Å². The molecule has 12 heteroatoms. The number of aromatic nitrogens is 2. The summed E-state index contributed by atoms with van der Waals surface area (Å²) >= 11 is 10.1. The Hall–Kier alpha value is -2.08. The van der Waals surface area contributed by atoms with Crippen LogP contribution in [-0.2, 0) is 9.59 Å². The third-order valence-electron chi connectivity index (χ3n) is 4.52. The summed E-state index contributed by atoms with van der Waals surface area (Å²) in [5.74, 6) is -1.13. The third kappa shape index (κ3) is 4.07. The third-order valence-corrected chi connectivity index (χ3v) is 8.17. The summed E-state index contributed by atoms with van der Waals surface area (Å²) in [4.78, 5) is 38.3. The van der Waals surface area contributed by atoms with Gasteiger partial charge in [0.25, 0.3) is 11.8 Å². The number of hydrogen-bond donors (Lipinski definition) is 2. The zero-order valence-electron chi connectivity index (χ0n) is 15.5. The van der Waals surface area contributed by atoms with E-state index in [1.54, 1.807) is 24.3 Å². The monoisotopic (exact) mass is 482 g/mol. The molecule has 2 amide bonds. The maximum atomic E-state index is 12.7. The highest BCUT2D eigenvalue weighted by atomic mass is 35.5. The minimum Gasteiger partial charge on any atom is -0.477 e. The van der Waals surface area contributed by atoms with Crippen LogP contribution in [0.15, 0.2) is 39.9 Å². The summed E-state index contributed by atoms with van der Waals surface area (Å²) in [6, 6.07) is 5.55. The number of β-lactam (4-membered cyclic amide) rings is 1. The van der Waals surface area contributed by atoms with E-state index in [9.17, 15) is 19.5 Å². The predicted octanol–water partition coefficient (Wildman–Crippen LogP) is 2.64. The number of carboxylic acid groups (broad SMARTS) is 1. The largest absolute Gasteiger partial charge is 0.477 e. The van der Waals surface area contributed by atoms with Crippen LogP contribution in [0.2, 0.25) is 5.02 Å². The lowest BCUT2D eigenvalue weighted by Crippen LogP contribution is -2.70. The van der Waals surface area contributed by atoms with E-state index in [1.165, 1.54) is 39.8 Å². The molecule has 2 aromatic rings. The summed E-state index contributed by atoms with van der Waals surface area (Å²) in [6.07, 6.45) is 0. The standard InChI is InChI=1S/C18H15ClN4O4S3/c1-8-21-22-18(30-8)29-7-10-6-28-16-12(15(25)23(16)13(10)17(26)27)20-14(24)9-2-4-11(19)5-3-9/h2-5,12,16H,6-7H2,1H3,(H,20,24)(H,26,27)/t12-,16+/m1/s1. The molecule has 1 fully saturated rings. The van der Waals surface area contributed by atoms with E-state index in [2.05, 4.69) is 15.5 Å². The normalized spacial score (nSPS) is 20.6. The molecule has 3 heterocycles. The van der Waals surface area contributed by atoms with Crippen molar-refractivity contribution in [1.29, 1.82) is 0 Å². The molecule has 2 aliphatic rings. The predicted molar refractivity (Wildman–Crippen MR) is 116 cm³/mol. The second-order valence-corrected chi connectivity index (χ2v) is 10.4. The molecule has 4 rings (SSSR count). The SMILES string of the molecule is Cc1nnc(SCC2=C(C(=O)O)N3C(=O)[C@@H](NC(=O)c4ccc(Cl)cc4)[C@@H]3SC2)s1. The summed E-state index contributed by atoms with van der Waals surface area (Å²) < 4.78 is 0.750. The first kappa shape index (κ1) is 21.2. The van der Waals surface area contributed by atoms with Gasteiger partial charge in [-0.05, 0) is 36.8 Å². The van der Waals surface area contributed by atoms with E-state index in [0.29, 0.717) is 27.7 Å². The number of benzene rings is 1. The fourth-order valence-corrected chi connectivity index (χ4v) is 6.53. The lowest BCUT2D eigenvalue weighted by molar-refractivity contribution is -0.148. The number of carboxylic acids is 1. The van der Waals surface area contributed by atoms with Crippen molar-refractivity contribution in [3.63, 3.8) is 0 Å². The minimum atomic E-state index is -1.15. The molecule has 0 saturated carbocycles. The molecule has 2 atom stereocenters. The Morgan fingerprint density at radius 2 is 2.07 bits per heavy atom. The molecule has 0 unspecified atom stereocenters. The number of carbonyl (C=O) groups is 3. The van der Waals surface area contributed by atoms with Crippen molar-refractivity contribution in [2.24, 2.45) is 0 Å². The molecule has 2 aliphatic heterocycles. The molecule has 8 nitrogen and oxygen atoms in total. The summed E-state index contributed by atoms with van der Waals surface area (Å²) in [5.41, 5.74) is 1.02. The van der Waals surface area contributed by atoms with Crippen LogP contribution in [0, 0.1) is 6.92 Å². The van der Waals surface area contributed by atoms with Crippen molar-refractivity contribution < 1.29 is 19.5 Å². The van der Waals surface area contributed by atoms with E-state index >= 15 is 0 Å². The quantitative estimate of drug-likeness (QED) is 0.477. The molecule has 1 saturated heterocycles. The second-order valence-electron chi connectivity index (χ2n) is 6.50. The zero-order chi connectivity index (χ0) is 21.4. The summed E-state index contributed by atoms with van der Waals surface area (Å²) in [7, 11) is 0. The van der Waals surface area contributed by atoms with Gasteiger partial charge in [0.1, 0.15) is 22.1 Å². The van der Waals surface area contributed by atoms with Gasteiger partial charge in [-0.15, -0.1) is 22.0 Å². The van der Waals surface area contributed by atoms with Crippen molar-refractivity contribution in [2.75, 3.05) is 11.5 Å². The number of hydrogen-bond acceptors (Lipinski definition) is 8. The first-order valence-electron chi connectivity index (χ1n) is 8.74. The van der Waals surface area contributed by atoms with Crippen LogP contribution in [0.25, 0.3) is 0 Å². The van der Waals surface area contributed by atoms with E-state index in [1.807, 2.05) is 6.92 Å². The zero-order valence-corrected chi connectivity index (χ0v) is 18.7. The van der Waals surface area contributed by atoms with Gasteiger partial charge in [0.15, 0.2) is 4.34 Å². The highest BCUT2D eigenvalue weighted by Gasteiger charge is 2.54. The number of halogens is 1. The van der Waals surface area contributed by atoms with Crippen molar-refractivity contribution in [1.82, 2.24) is 20.4 Å². The number of nitrogens with one attached hydrogen (secondary N) is 1. The molecule has 0 aliphatic carbocycles. The van der Waals surface area contributed by atoms with Crippen LogP contribution in [0.1, 0.15) is 15.4 Å². The van der Waals surface area contributed by atoms with Crippen LogP contribution in [0.4, 0.5) is 0 Å². The number of rotatable bonds is 6. The number of carbonyl (C=O) groups excluding carboxylic acids is 2. The van der Waals surface area contributed by atoms with Crippen LogP contribution >= 0.6 is 46.5 Å². The van der Waals surface area contributed by atoms with Gasteiger partial charge >= 0.3 is 5.97 Å². The molecule has 30 heavy (non-hydrogen) atoms. The number of thioether (sulfide) groups is 2. The van der Waals surface area contributed by atoms with Crippen molar-refractivity contribution in [3.05, 3.63) is 51.1 Å². The fourth-order valence-electron chi connectivity index (χ4n) is 3.11. The van der Waals surface area contributed by atoms with Crippen molar-refractivity contribution >= 4 is 64.2 Å². The Bertz CT molecular complexity index is 1060. The Morgan fingerprint density at radius 1 is 1.33 bits per heavy atom. The number of fused-ring (bicyclic) bond motifs is 1. The van der Waals surface area contributed by atoms with E-state index in [-0.39, 0.29) is 5.70 Å². The van der Waals surface area contributed by atoms with Gasteiger partial charge in [-0.2, -0.15) is 0 Å². The van der Waals surface area contributed by atoms with Gasteiger partial charge in [-0.25, -0.2) is 4.79 Å². The number of aliphatic carboxylic acids is 1. The van der Waals surface area contributed by atoms with Crippen LogP contribution < -0.4 is 5.32 Å². The van der Waals surface area contributed by atoms with Crippen LogP contribution in [0.3, 0.4) is 0 Å². The number of aryl methyl sites for hydroxylation is 1. The first-order chi connectivity index (χ1) is 14.3. The number of amides is 2. The highest BCUT2D eigenvalue weighted by molar-refractivity contribution is 8.01. The van der Waals surface area contributed by atoms with Crippen molar-refractivity contribution in [2.45, 2.75) is 22.7 Å². The maximum Gasteiger partial charge on any atom is 0.352 e. The average Bonchev–Trinajstić information content (AvgIpc) is 3.15. The minimum absolute atomic E-state index is 0.00511.